The third kappa shape index (κ3) is 4.21. The summed E-state index contributed by atoms with van der Waals surface area (Å²) in [6.07, 6.45) is 3.66. The van der Waals surface area contributed by atoms with Gasteiger partial charge in [0.05, 0.1) is 41.2 Å². The van der Waals surface area contributed by atoms with Gasteiger partial charge in [-0.3, -0.25) is 14.9 Å². The van der Waals surface area contributed by atoms with Crippen LogP contribution in [0.4, 0.5) is 10.1 Å². The number of aromatic amines is 2. The van der Waals surface area contributed by atoms with E-state index in [4.69, 9.17) is 14.7 Å². The number of methoxy groups -OCH3 is 1. The molecule has 0 aliphatic rings. The zero-order valence-corrected chi connectivity index (χ0v) is 20.5. The second-order valence-corrected chi connectivity index (χ2v) is 8.70. The summed E-state index contributed by atoms with van der Waals surface area (Å²) in [5.74, 6) is 0.463. The number of amides is 1. The van der Waals surface area contributed by atoms with E-state index in [1.165, 1.54) is 19.2 Å². The minimum atomic E-state index is -0.394. The number of halogens is 1. The summed E-state index contributed by atoms with van der Waals surface area (Å²) >= 11 is 0. The topological polar surface area (TPSA) is 121 Å². The van der Waals surface area contributed by atoms with E-state index in [0.717, 1.165) is 22.2 Å². The number of hydrogen-bond acceptors (Lipinski definition) is 6. The number of nitrogens with zero attached hydrogens (tertiary/aromatic N) is 4. The van der Waals surface area contributed by atoms with Gasteiger partial charge in [-0.1, -0.05) is 19.1 Å². The highest BCUT2D eigenvalue weighted by Crippen LogP contribution is 2.33. The van der Waals surface area contributed by atoms with Crippen LogP contribution in [0.15, 0.2) is 67.0 Å². The third-order valence-electron chi connectivity index (χ3n) is 6.20. The molecule has 38 heavy (non-hydrogen) atoms. The van der Waals surface area contributed by atoms with E-state index in [1.54, 1.807) is 25.4 Å². The molecule has 6 aromatic rings. The Morgan fingerprint density at radius 3 is 2.74 bits per heavy atom. The molecule has 4 heterocycles. The molecule has 4 aromatic heterocycles. The van der Waals surface area contributed by atoms with Crippen molar-refractivity contribution in [1.82, 2.24) is 30.1 Å². The van der Waals surface area contributed by atoms with Crippen molar-refractivity contribution in [3.63, 3.8) is 0 Å². The molecule has 0 spiro atoms. The highest BCUT2D eigenvalue weighted by Gasteiger charge is 2.17. The number of anilines is 1. The first kappa shape index (κ1) is 23.3. The van der Waals surface area contributed by atoms with E-state index in [2.05, 4.69) is 25.5 Å². The predicted molar refractivity (Wildman–Crippen MR) is 143 cm³/mol. The number of pyridine rings is 2. The zero-order valence-electron chi connectivity index (χ0n) is 20.5. The SMILES string of the molecule is CCC(=O)Nc1cncc(-c2ccc3[nH]nc(-c4nc5c(-c6cc(F)cc(OC)c6)cccc5[nH]4)c3n2)c1. The highest BCUT2D eigenvalue weighted by atomic mass is 19.1. The van der Waals surface area contributed by atoms with E-state index in [9.17, 15) is 9.18 Å². The first-order valence-electron chi connectivity index (χ1n) is 12.0. The quantitative estimate of drug-likeness (QED) is 0.265. The van der Waals surface area contributed by atoms with Crippen LogP contribution >= 0.6 is 0 Å². The largest absolute Gasteiger partial charge is 0.497 e. The third-order valence-corrected chi connectivity index (χ3v) is 6.20. The Morgan fingerprint density at radius 2 is 1.89 bits per heavy atom. The summed E-state index contributed by atoms with van der Waals surface area (Å²) in [4.78, 5) is 29.0. The monoisotopic (exact) mass is 507 g/mol. The molecule has 0 radical (unpaired) electrons. The summed E-state index contributed by atoms with van der Waals surface area (Å²) in [5, 5.41) is 10.3. The minimum Gasteiger partial charge on any atom is -0.497 e. The standard InChI is InChI=1S/C28H22FN7O2/c1-3-24(37)31-18-10-16(13-30-14-18)21-7-8-23-26(32-21)27(36-35-23)28-33-22-6-4-5-20(25(22)34-28)15-9-17(29)12-19(11-15)38-2/h4-14H,3H2,1-2H3,(H,31,37)(H,33,34)(H,35,36). The maximum atomic E-state index is 14.2. The number of H-pyrrole nitrogens is 2. The molecule has 0 aliphatic carbocycles. The molecule has 0 saturated heterocycles. The summed E-state index contributed by atoms with van der Waals surface area (Å²) in [6.45, 7) is 1.79. The molecule has 188 valence electrons. The van der Waals surface area contributed by atoms with Crippen molar-refractivity contribution >= 4 is 33.7 Å². The Bertz CT molecular complexity index is 1830. The van der Waals surface area contributed by atoms with Crippen LogP contribution in [0.5, 0.6) is 5.75 Å². The minimum absolute atomic E-state index is 0.0922. The molecule has 0 fully saturated rings. The van der Waals surface area contributed by atoms with Crippen molar-refractivity contribution in [1.29, 1.82) is 0 Å². The number of imidazole rings is 1. The first-order valence-corrected chi connectivity index (χ1v) is 12.0. The normalized spacial score (nSPS) is 11.2. The summed E-state index contributed by atoms with van der Waals surface area (Å²) in [7, 11) is 1.50. The molecule has 6 rings (SSSR count). The second-order valence-electron chi connectivity index (χ2n) is 8.70. The van der Waals surface area contributed by atoms with E-state index in [-0.39, 0.29) is 5.91 Å². The lowest BCUT2D eigenvalue weighted by Gasteiger charge is -2.06. The number of carbonyl (C=O) groups excluding carboxylic acids is 1. The van der Waals surface area contributed by atoms with Crippen LogP contribution in [0.2, 0.25) is 0 Å². The number of fused-ring (bicyclic) bond motifs is 2. The Balaban J connectivity index is 1.43. The number of nitrogens with one attached hydrogen (secondary N) is 3. The molecule has 1 amide bonds. The van der Waals surface area contributed by atoms with Crippen molar-refractivity contribution in [3.8, 4) is 39.7 Å². The Kier molecular flexibility index (Phi) is 5.76. The number of benzene rings is 2. The van der Waals surface area contributed by atoms with Crippen LogP contribution in [-0.4, -0.2) is 43.2 Å². The van der Waals surface area contributed by atoms with Crippen molar-refractivity contribution in [2.75, 3.05) is 12.4 Å². The van der Waals surface area contributed by atoms with Gasteiger partial charge in [-0.2, -0.15) is 5.10 Å². The van der Waals surface area contributed by atoms with Crippen LogP contribution in [0.3, 0.4) is 0 Å². The van der Waals surface area contributed by atoms with Crippen molar-refractivity contribution in [3.05, 3.63) is 72.8 Å². The lowest BCUT2D eigenvalue weighted by Crippen LogP contribution is -2.09. The molecule has 0 bridgehead atoms. The Hall–Kier alpha value is -5.12. The molecule has 0 saturated carbocycles. The fourth-order valence-corrected chi connectivity index (χ4v) is 4.34. The summed E-state index contributed by atoms with van der Waals surface area (Å²) < 4.78 is 19.5. The van der Waals surface area contributed by atoms with E-state index < -0.39 is 5.82 Å². The zero-order chi connectivity index (χ0) is 26.2. The fourth-order valence-electron chi connectivity index (χ4n) is 4.34. The number of aromatic nitrogens is 6. The Morgan fingerprint density at radius 1 is 1.00 bits per heavy atom. The van der Waals surface area contributed by atoms with Gasteiger partial charge in [0.1, 0.15) is 17.1 Å². The van der Waals surface area contributed by atoms with Gasteiger partial charge in [0.15, 0.2) is 11.5 Å². The number of ether oxygens (including phenoxy) is 1. The molecular formula is C28H22FN7O2. The maximum absolute atomic E-state index is 14.2. The van der Waals surface area contributed by atoms with Gasteiger partial charge in [-0.15, -0.1) is 0 Å². The van der Waals surface area contributed by atoms with Crippen LogP contribution < -0.4 is 10.1 Å². The average molecular weight is 508 g/mol. The fraction of sp³-hybridized carbons (Fsp3) is 0.107. The molecular weight excluding hydrogens is 485 g/mol. The lowest BCUT2D eigenvalue weighted by atomic mass is 10.0. The summed E-state index contributed by atoms with van der Waals surface area (Å²) in [6, 6.07) is 15.8. The van der Waals surface area contributed by atoms with Crippen LogP contribution in [0.1, 0.15) is 13.3 Å². The molecule has 2 aromatic carbocycles. The van der Waals surface area contributed by atoms with Crippen LogP contribution in [-0.2, 0) is 4.79 Å². The van der Waals surface area contributed by atoms with Gasteiger partial charge in [0, 0.05) is 29.8 Å². The van der Waals surface area contributed by atoms with Gasteiger partial charge < -0.3 is 15.0 Å². The van der Waals surface area contributed by atoms with Crippen molar-refractivity contribution in [2.45, 2.75) is 13.3 Å². The molecule has 10 heteroatoms. The van der Waals surface area contributed by atoms with Gasteiger partial charge >= 0.3 is 0 Å². The van der Waals surface area contributed by atoms with Gasteiger partial charge in [-0.25, -0.2) is 14.4 Å². The van der Waals surface area contributed by atoms with Gasteiger partial charge in [-0.05, 0) is 42.0 Å². The highest BCUT2D eigenvalue weighted by molar-refractivity contribution is 5.96. The number of hydrogen-bond donors (Lipinski definition) is 3. The number of para-hydroxylation sites is 1. The maximum Gasteiger partial charge on any atom is 0.224 e. The summed E-state index contributed by atoms with van der Waals surface area (Å²) in [5.41, 5.74) is 6.79. The smallest absolute Gasteiger partial charge is 0.224 e. The van der Waals surface area contributed by atoms with Gasteiger partial charge in [0.2, 0.25) is 5.91 Å². The van der Waals surface area contributed by atoms with Crippen molar-refractivity contribution in [2.24, 2.45) is 0 Å². The molecule has 0 aliphatic heterocycles. The molecule has 9 nitrogen and oxygen atoms in total. The molecule has 0 atom stereocenters. The number of carbonyl (C=O) groups is 1. The van der Waals surface area contributed by atoms with Crippen LogP contribution in [0, 0.1) is 5.82 Å². The first-order chi connectivity index (χ1) is 18.5. The van der Waals surface area contributed by atoms with E-state index in [0.29, 0.717) is 51.7 Å². The Labute approximate surface area is 216 Å². The molecule has 0 unspecified atom stereocenters. The van der Waals surface area contributed by atoms with Gasteiger partial charge in [0.25, 0.3) is 0 Å². The van der Waals surface area contributed by atoms with E-state index in [1.807, 2.05) is 36.4 Å². The van der Waals surface area contributed by atoms with Crippen LogP contribution in [0.25, 0.3) is 56.0 Å². The lowest BCUT2D eigenvalue weighted by molar-refractivity contribution is -0.115. The van der Waals surface area contributed by atoms with Crippen molar-refractivity contribution < 1.29 is 13.9 Å². The molecule has 3 N–H and O–H groups in total. The number of rotatable bonds is 6. The second kappa shape index (κ2) is 9.40. The van der Waals surface area contributed by atoms with E-state index >= 15 is 0 Å². The average Bonchev–Trinajstić information content (AvgIpc) is 3.56. The predicted octanol–water partition coefficient (Wildman–Crippen LogP) is 5.73.